The first-order chi connectivity index (χ1) is 5.72. The summed E-state index contributed by atoms with van der Waals surface area (Å²) in [4.78, 5) is 22.0. The Balaban J connectivity index is 2.49. The molecule has 2 rings (SSSR count). The van der Waals surface area contributed by atoms with Crippen molar-refractivity contribution in [3.8, 4) is 5.06 Å². The molecule has 0 saturated heterocycles. The zero-order valence-corrected chi connectivity index (χ0v) is 6.76. The Labute approximate surface area is 71.9 Å². The van der Waals surface area contributed by atoms with Crippen molar-refractivity contribution in [1.82, 2.24) is 0 Å². The molecule has 1 aromatic heterocycles. The Morgan fingerprint density at radius 1 is 1.67 bits per heavy atom. The number of hydrogen-bond acceptors (Lipinski definition) is 5. The molecule has 12 heavy (non-hydrogen) atoms. The van der Waals surface area contributed by atoms with E-state index in [2.05, 4.69) is 0 Å². The van der Waals surface area contributed by atoms with Crippen LogP contribution >= 0.6 is 11.3 Å². The number of nitrogens with two attached hydrogens (primary N) is 1. The van der Waals surface area contributed by atoms with Crippen LogP contribution in [0.2, 0.25) is 0 Å². The highest BCUT2D eigenvalue weighted by atomic mass is 32.1. The maximum absolute atomic E-state index is 11.2. The number of aldehydes is 1. The Morgan fingerprint density at radius 3 is 3.00 bits per heavy atom. The number of carbonyl (C=O) groups excluding carboxylic acids is 2. The summed E-state index contributed by atoms with van der Waals surface area (Å²) < 4.78 is 4.99. The number of hydrogen-bond donors (Lipinski definition) is 1. The highest BCUT2D eigenvalue weighted by Gasteiger charge is 2.31. The van der Waals surface area contributed by atoms with Gasteiger partial charge >= 0.3 is 0 Å². The van der Waals surface area contributed by atoms with Gasteiger partial charge in [0.2, 0.25) is 12.0 Å². The molecule has 2 heterocycles. The van der Waals surface area contributed by atoms with E-state index in [4.69, 9.17) is 10.5 Å². The van der Waals surface area contributed by atoms with Gasteiger partial charge in [0.25, 0.3) is 0 Å². The monoisotopic (exact) mass is 183 g/mol. The molecule has 62 valence electrons. The number of carbonyl (C=O) groups is 2. The standard InChI is InChI=1S/C7H5NO3S/c8-6-5(10)4-1-3(2-9)12-7(4)11-6/h1-2,6H,8H2. The number of fused-ring (bicyclic) bond motifs is 1. The maximum atomic E-state index is 11.2. The van der Waals surface area contributed by atoms with Crippen LogP contribution in [0.3, 0.4) is 0 Å². The first-order valence-electron chi connectivity index (χ1n) is 3.28. The van der Waals surface area contributed by atoms with Gasteiger partial charge in [0.05, 0.1) is 10.4 Å². The van der Waals surface area contributed by atoms with E-state index in [1.54, 1.807) is 0 Å². The van der Waals surface area contributed by atoms with E-state index in [0.717, 1.165) is 11.3 Å². The van der Waals surface area contributed by atoms with E-state index in [0.29, 0.717) is 21.8 Å². The molecule has 1 aliphatic rings. The van der Waals surface area contributed by atoms with Gasteiger partial charge in [0.15, 0.2) is 11.3 Å². The third-order valence-electron chi connectivity index (χ3n) is 1.59. The zero-order valence-electron chi connectivity index (χ0n) is 5.94. The molecule has 0 saturated carbocycles. The van der Waals surface area contributed by atoms with Crippen LogP contribution < -0.4 is 10.5 Å². The second-order valence-electron chi connectivity index (χ2n) is 2.37. The summed E-state index contributed by atoms with van der Waals surface area (Å²) in [5, 5.41) is 0.453. The van der Waals surface area contributed by atoms with Gasteiger partial charge < -0.3 is 4.74 Å². The lowest BCUT2D eigenvalue weighted by Crippen LogP contribution is -2.30. The smallest absolute Gasteiger partial charge is 0.222 e. The lowest BCUT2D eigenvalue weighted by Gasteiger charge is -1.99. The summed E-state index contributed by atoms with van der Waals surface area (Å²) >= 11 is 1.14. The molecule has 0 amide bonds. The zero-order chi connectivity index (χ0) is 8.72. The third kappa shape index (κ3) is 0.870. The van der Waals surface area contributed by atoms with Gasteiger partial charge in [-0.3, -0.25) is 15.3 Å². The molecule has 4 nitrogen and oxygen atoms in total. The summed E-state index contributed by atoms with van der Waals surface area (Å²) in [6.45, 7) is 0. The summed E-state index contributed by atoms with van der Waals surface area (Å²) in [5.41, 5.74) is 5.74. The average Bonchev–Trinajstić information content (AvgIpc) is 2.55. The highest BCUT2D eigenvalue weighted by molar-refractivity contribution is 7.16. The van der Waals surface area contributed by atoms with E-state index >= 15 is 0 Å². The molecular formula is C7H5NO3S. The van der Waals surface area contributed by atoms with Crippen LogP contribution in [0.25, 0.3) is 0 Å². The van der Waals surface area contributed by atoms with Gasteiger partial charge in [0.1, 0.15) is 0 Å². The van der Waals surface area contributed by atoms with Crippen molar-refractivity contribution < 1.29 is 14.3 Å². The van der Waals surface area contributed by atoms with Gasteiger partial charge in [-0.1, -0.05) is 11.3 Å². The van der Waals surface area contributed by atoms with Crippen LogP contribution in [0, 0.1) is 0 Å². The van der Waals surface area contributed by atoms with Gasteiger partial charge in [-0.05, 0) is 6.07 Å². The summed E-state index contributed by atoms with van der Waals surface area (Å²) in [5.74, 6) is -0.255. The Hall–Kier alpha value is -1.20. The van der Waals surface area contributed by atoms with Crippen molar-refractivity contribution in [3.05, 3.63) is 16.5 Å². The SMILES string of the molecule is NC1Oc2sc(C=O)cc2C1=O. The number of thiophene rings is 1. The molecule has 0 aromatic carbocycles. The van der Waals surface area contributed by atoms with Crippen molar-refractivity contribution in [2.24, 2.45) is 5.73 Å². The van der Waals surface area contributed by atoms with E-state index in [9.17, 15) is 9.59 Å². The minimum atomic E-state index is -0.882. The minimum absolute atomic E-state index is 0.255. The van der Waals surface area contributed by atoms with Gasteiger partial charge in [-0.25, -0.2) is 0 Å². The Bertz CT molecular complexity index is 358. The van der Waals surface area contributed by atoms with E-state index in [1.165, 1.54) is 6.07 Å². The normalized spacial score (nSPS) is 20.4. The predicted octanol–water partition coefficient (Wildman–Crippen LogP) is 0.421. The number of ketones is 1. The maximum Gasteiger partial charge on any atom is 0.222 e. The van der Waals surface area contributed by atoms with E-state index in [1.807, 2.05) is 0 Å². The van der Waals surface area contributed by atoms with Crippen LogP contribution in [0.4, 0.5) is 0 Å². The predicted molar refractivity (Wildman–Crippen MR) is 42.6 cm³/mol. The summed E-state index contributed by atoms with van der Waals surface area (Å²) in [6, 6.07) is 1.50. The topological polar surface area (TPSA) is 69.4 Å². The average molecular weight is 183 g/mol. The van der Waals surface area contributed by atoms with Crippen molar-refractivity contribution in [2.75, 3.05) is 0 Å². The van der Waals surface area contributed by atoms with E-state index < -0.39 is 6.23 Å². The molecule has 1 unspecified atom stereocenters. The molecule has 1 aromatic rings. The molecule has 1 atom stereocenters. The van der Waals surface area contributed by atoms with Crippen LogP contribution in [0.15, 0.2) is 6.07 Å². The number of Topliss-reactive ketones (excluding diaryl/α,β-unsaturated/α-hetero) is 1. The van der Waals surface area contributed by atoms with Crippen LogP contribution in [-0.4, -0.2) is 18.3 Å². The lowest BCUT2D eigenvalue weighted by molar-refractivity contribution is 0.0867. The molecule has 0 spiro atoms. The molecule has 5 heteroatoms. The molecule has 0 fully saturated rings. The van der Waals surface area contributed by atoms with Crippen LogP contribution in [0.1, 0.15) is 20.0 Å². The third-order valence-corrected chi connectivity index (χ3v) is 2.54. The number of ether oxygens (including phenoxy) is 1. The largest absolute Gasteiger partial charge is 0.457 e. The molecule has 2 N–H and O–H groups in total. The molecule has 0 bridgehead atoms. The fourth-order valence-corrected chi connectivity index (χ4v) is 1.89. The lowest BCUT2D eigenvalue weighted by atomic mass is 10.2. The highest BCUT2D eigenvalue weighted by Crippen LogP contribution is 2.35. The number of rotatable bonds is 1. The van der Waals surface area contributed by atoms with Crippen molar-refractivity contribution >= 4 is 23.4 Å². The van der Waals surface area contributed by atoms with Crippen molar-refractivity contribution in [2.45, 2.75) is 6.23 Å². The first-order valence-corrected chi connectivity index (χ1v) is 4.09. The molecule has 1 aliphatic heterocycles. The van der Waals surface area contributed by atoms with Crippen LogP contribution in [0.5, 0.6) is 5.06 Å². The second kappa shape index (κ2) is 2.40. The molecular weight excluding hydrogens is 178 g/mol. The molecule has 0 radical (unpaired) electrons. The summed E-state index contributed by atoms with van der Waals surface area (Å²) in [7, 11) is 0. The quantitative estimate of drug-likeness (QED) is 0.640. The van der Waals surface area contributed by atoms with Crippen molar-refractivity contribution in [1.29, 1.82) is 0 Å². The van der Waals surface area contributed by atoms with Crippen molar-refractivity contribution in [3.63, 3.8) is 0 Å². The Kier molecular flexibility index (Phi) is 1.49. The van der Waals surface area contributed by atoms with E-state index in [-0.39, 0.29) is 5.78 Å². The fraction of sp³-hybridized carbons (Fsp3) is 0.143. The minimum Gasteiger partial charge on any atom is -0.457 e. The first kappa shape index (κ1) is 7.45. The van der Waals surface area contributed by atoms with Gasteiger partial charge in [-0.2, -0.15) is 0 Å². The van der Waals surface area contributed by atoms with Gasteiger partial charge in [0, 0.05) is 0 Å². The van der Waals surface area contributed by atoms with Gasteiger partial charge in [-0.15, -0.1) is 0 Å². The molecule has 0 aliphatic carbocycles. The Morgan fingerprint density at radius 2 is 2.42 bits per heavy atom. The second-order valence-corrected chi connectivity index (χ2v) is 3.42. The fourth-order valence-electron chi connectivity index (χ4n) is 1.03. The van der Waals surface area contributed by atoms with Crippen LogP contribution in [-0.2, 0) is 0 Å². The summed E-state index contributed by atoms with van der Waals surface area (Å²) in [6.07, 6.45) is -0.197.